The number of nitrogens with zero attached hydrogens (tertiary/aromatic N) is 4. The molecule has 190 valence electrons. The van der Waals surface area contributed by atoms with Crippen LogP contribution in [0.4, 0.5) is 11.5 Å². The van der Waals surface area contributed by atoms with Crippen LogP contribution in [0.1, 0.15) is 42.4 Å². The van der Waals surface area contributed by atoms with Crippen LogP contribution in [0.5, 0.6) is 0 Å². The monoisotopic (exact) mass is 508 g/mol. The zero-order valence-electron chi connectivity index (χ0n) is 20.9. The van der Waals surface area contributed by atoms with E-state index in [-0.39, 0.29) is 29.4 Å². The Bertz CT molecular complexity index is 1340. The molecule has 10 heteroatoms. The van der Waals surface area contributed by atoms with Gasteiger partial charge < -0.3 is 10.2 Å². The number of sulfonamides is 1. The van der Waals surface area contributed by atoms with Gasteiger partial charge in [-0.3, -0.25) is 14.8 Å². The number of H-pyrrole nitrogens is 1. The topological polar surface area (TPSA) is 102 Å². The number of anilines is 2. The number of fused-ring (bicyclic) bond motifs is 1. The molecule has 0 aliphatic carbocycles. The Kier molecular flexibility index (Phi) is 6.36. The average molecular weight is 509 g/mol. The van der Waals surface area contributed by atoms with Gasteiger partial charge in [0.2, 0.25) is 10.0 Å². The predicted octanol–water partition coefficient (Wildman–Crippen LogP) is 3.29. The molecule has 0 radical (unpaired) electrons. The van der Waals surface area contributed by atoms with Crippen molar-refractivity contribution >= 4 is 27.4 Å². The van der Waals surface area contributed by atoms with Gasteiger partial charge in [0.25, 0.3) is 5.91 Å². The first kappa shape index (κ1) is 24.5. The summed E-state index contributed by atoms with van der Waals surface area (Å²) in [7, 11) is -3.64. The number of benzene rings is 2. The van der Waals surface area contributed by atoms with Crippen molar-refractivity contribution in [3.8, 4) is 0 Å². The SMILES string of the molecule is CC(C)(C)N1CCN(c2ccc(C(=O)Nc3n[nH]c4c3CN(S(=O)(=O)c3ccccc3)C4)cc2)CC1. The number of piperazine rings is 1. The lowest BCUT2D eigenvalue weighted by Gasteiger charge is -2.43. The van der Waals surface area contributed by atoms with Gasteiger partial charge in [-0.2, -0.15) is 9.40 Å². The maximum Gasteiger partial charge on any atom is 0.256 e. The van der Waals surface area contributed by atoms with Crippen LogP contribution in [0.15, 0.2) is 59.5 Å². The maximum atomic E-state index is 13.0. The highest BCUT2D eigenvalue weighted by molar-refractivity contribution is 7.89. The van der Waals surface area contributed by atoms with Crippen molar-refractivity contribution in [3.05, 3.63) is 71.4 Å². The van der Waals surface area contributed by atoms with E-state index in [1.807, 2.05) is 24.3 Å². The highest BCUT2D eigenvalue weighted by atomic mass is 32.2. The van der Waals surface area contributed by atoms with E-state index in [9.17, 15) is 13.2 Å². The molecule has 0 unspecified atom stereocenters. The summed E-state index contributed by atoms with van der Waals surface area (Å²) in [6.45, 7) is 11.0. The van der Waals surface area contributed by atoms with Crippen LogP contribution in [0.3, 0.4) is 0 Å². The van der Waals surface area contributed by atoms with Crippen molar-refractivity contribution < 1.29 is 13.2 Å². The fourth-order valence-electron chi connectivity index (χ4n) is 4.76. The van der Waals surface area contributed by atoms with Crippen LogP contribution in [0, 0.1) is 0 Å². The van der Waals surface area contributed by atoms with Gasteiger partial charge in [-0.1, -0.05) is 18.2 Å². The van der Waals surface area contributed by atoms with E-state index in [0.717, 1.165) is 31.9 Å². The first-order valence-corrected chi connectivity index (χ1v) is 13.6. The van der Waals surface area contributed by atoms with Crippen molar-refractivity contribution in [1.82, 2.24) is 19.4 Å². The lowest BCUT2D eigenvalue weighted by atomic mass is 10.0. The van der Waals surface area contributed by atoms with Gasteiger partial charge in [0.15, 0.2) is 5.82 Å². The zero-order valence-corrected chi connectivity index (χ0v) is 21.7. The van der Waals surface area contributed by atoms with Crippen LogP contribution < -0.4 is 10.2 Å². The molecule has 1 amide bonds. The molecule has 2 aromatic carbocycles. The molecular weight excluding hydrogens is 476 g/mol. The molecule has 0 saturated carbocycles. The van der Waals surface area contributed by atoms with Crippen molar-refractivity contribution in [3.63, 3.8) is 0 Å². The number of hydrogen-bond acceptors (Lipinski definition) is 6. The number of rotatable bonds is 5. The molecule has 0 bridgehead atoms. The van der Waals surface area contributed by atoms with Crippen LogP contribution in [-0.4, -0.2) is 65.4 Å². The lowest BCUT2D eigenvalue weighted by Crippen LogP contribution is -2.53. The minimum Gasteiger partial charge on any atom is -0.369 e. The Labute approximate surface area is 212 Å². The number of carbonyl (C=O) groups is 1. The molecule has 3 heterocycles. The third-order valence-electron chi connectivity index (χ3n) is 6.96. The Morgan fingerprint density at radius 3 is 2.25 bits per heavy atom. The second kappa shape index (κ2) is 9.34. The van der Waals surface area contributed by atoms with E-state index in [0.29, 0.717) is 22.6 Å². The summed E-state index contributed by atoms with van der Waals surface area (Å²) in [6, 6.07) is 15.9. The minimum atomic E-state index is -3.64. The van der Waals surface area contributed by atoms with Gasteiger partial charge in [-0.25, -0.2) is 8.42 Å². The normalized spacial score (nSPS) is 17.2. The summed E-state index contributed by atoms with van der Waals surface area (Å²) < 4.78 is 27.3. The molecule has 2 aliphatic rings. The second-order valence-electron chi connectivity index (χ2n) is 10.3. The summed E-state index contributed by atoms with van der Waals surface area (Å²) in [4.78, 5) is 18.0. The standard InChI is InChI=1S/C26H32N6O3S/c1-26(2,3)31-15-13-30(14-16-31)20-11-9-19(10-12-20)25(33)27-24-22-17-32(18-23(22)28-29-24)36(34,35)21-7-5-4-6-8-21/h4-12H,13-18H2,1-3H3,(H2,27,28,29,33). The third-order valence-corrected chi connectivity index (χ3v) is 8.76. The average Bonchev–Trinajstić information content (AvgIpc) is 3.47. The summed E-state index contributed by atoms with van der Waals surface area (Å²) >= 11 is 0. The number of nitrogens with one attached hydrogen (secondary N) is 2. The molecular formula is C26H32N6O3S. The van der Waals surface area contributed by atoms with Crippen molar-refractivity contribution in [2.45, 2.75) is 44.3 Å². The van der Waals surface area contributed by atoms with Crippen molar-refractivity contribution in [2.24, 2.45) is 0 Å². The van der Waals surface area contributed by atoms with Gasteiger partial charge in [0, 0.05) is 55.1 Å². The molecule has 0 spiro atoms. The summed E-state index contributed by atoms with van der Waals surface area (Å²) in [6.07, 6.45) is 0. The van der Waals surface area contributed by atoms with Crippen LogP contribution in [-0.2, 0) is 23.1 Å². The smallest absolute Gasteiger partial charge is 0.256 e. The highest BCUT2D eigenvalue weighted by Gasteiger charge is 2.34. The number of carbonyl (C=O) groups excluding carboxylic acids is 1. The van der Waals surface area contributed by atoms with Gasteiger partial charge >= 0.3 is 0 Å². The summed E-state index contributed by atoms with van der Waals surface area (Å²) in [5, 5.41) is 9.95. The van der Waals surface area contributed by atoms with Gasteiger partial charge in [-0.05, 0) is 57.2 Å². The fraction of sp³-hybridized carbons (Fsp3) is 0.385. The second-order valence-corrected chi connectivity index (χ2v) is 12.2. The first-order chi connectivity index (χ1) is 17.1. The molecule has 2 aliphatic heterocycles. The van der Waals surface area contributed by atoms with E-state index in [1.54, 1.807) is 30.3 Å². The van der Waals surface area contributed by atoms with E-state index in [1.165, 1.54) is 4.31 Å². The lowest BCUT2D eigenvalue weighted by molar-refractivity contribution is 0.102. The Morgan fingerprint density at radius 1 is 0.944 bits per heavy atom. The van der Waals surface area contributed by atoms with Gasteiger partial charge in [-0.15, -0.1) is 0 Å². The zero-order chi connectivity index (χ0) is 25.5. The van der Waals surface area contributed by atoms with Gasteiger partial charge in [0.05, 0.1) is 17.1 Å². The van der Waals surface area contributed by atoms with Crippen LogP contribution in [0.2, 0.25) is 0 Å². The van der Waals surface area contributed by atoms with Crippen LogP contribution >= 0.6 is 0 Å². The number of amides is 1. The molecule has 3 aromatic rings. The van der Waals surface area contributed by atoms with Crippen molar-refractivity contribution in [1.29, 1.82) is 0 Å². The predicted molar refractivity (Wildman–Crippen MR) is 139 cm³/mol. The maximum absolute atomic E-state index is 13.0. The van der Waals surface area contributed by atoms with Crippen molar-refractivity contribution in [2.75, 3.05) is 36.4 Å². The molecule has 36 heavy (non-hydrogen) atoms. The Balaban J connectivity index is 1.23. The van der Waals surface area contributed by atoms with E-state index >= 15 is 0 Å². The Hall–Kier alpha value is -3.21. The Morgan fingerprint density at radius 2 is 1.61 bits per heavy atom. The summed E-state index contributed by atoms with van der Waals surface area (Å²) in [5.41, 5.74) is 3.17. The summed E-state index contributed by atoms with van der Waals surface area (Å²) in [5.74, 6) is 0.0842. The number of aromatic amines is 1. The molecule has 2 N–H and O–H groups in total. The first-order valence-electron chi connectivity index (χ1n) is 12.2. The quantitative estimate of drug-likeness (QED) is 0.549. The molecule has 5 rings (SSSR count). The van der Waals surface area contributed by atoms with Gasteiger partial charge in [0.1, 0.15) is 0 Å². The van der Waals surface area contributed by atoms with E-state index < -0.39 is 10.0 Å². The van der Waals surface area contributed by atoms with E-state index in [4.69, 9.17) is 0 Å². The van der Waals surface area contributed by atoms with E-state index in [2.05, 4.69) is 46.1 Å². The highest BCUT2D eigenvalue weighted by Crippen LogP contribution is 2.31. The molecule has 9 nitrogen and oxygen atoms in total. The number of aromatic nitrogens is 2. The molecule has 1 aromatic heterocycles. The third kappa shape index (κ3) is 4.76. The number of hydrogen-bond donors (Lipinski definition) is 2. The molecule has 1 saturated heterocycles. The molecule has 0 atom stereocenters. The largest absolute Gasteiger partial charge is 0.369 e. The minimum absolute atomic E-state index is 0.151. The van der Waals surface area contributed by atoms with Crippen LogP contribution in [0.25, 0.3) is 0 Å². The molecule has 1 fully saturated rings. The fourth-order valence-corrected chi connectivity index (χ4v) is 6.16.